The van der Waals surface area contributed by atoms with Crippen LogP contribution in [0.3, 0.4) is 0 Å². The Labute approximate surface area is 84.4 Å². The van der Waals surface area contributed by atoms with Gasteiger partial charge in [0.25, 0.3) is 0 Å². The Bertz CT molecular complexity index is 456. The van der Waals surface area contributed by atoms with Crippen LogP contribution < -0.4 is 0 Å². The molecule has 2 rings (SSSR count). The summed E-state index contributed by atoms with van der Waals surface area (Å²) in [7, 11) is 0. The molecule has 1 unspecified atom stereocenters. The van der Waals surface area contributed by atoms with Gasteiger partial charge in [-0.3, -0.25) is 5.10 Å². The van der Waals surface area contributed by atoms with Gasteiger partial charge in [0.15, 0.2) is 0 Å². The quantitative estimate of drug-likeness (QED) is 0.793. The van der Waals surface area contributed by atoms with Crippen LogP contribution in [-0.4, -0.2) is 15.3 Å². The number of H-pyrrole nitrogens is 1. The number of hydrogen-bond acceptors (Lipinski definition) is 2. The number of hydrogen-bond donors (Lipinski definition) is 2. The van der Waals surface area contributed by atoms with Crippen LogP contribution in [0.15, 0.2) is 30.5 Å². The van der Waals surface area contributed by atoms with Crippen molar-refractivity contribution in [3.05, 3.63) is 53.4 Å². The van der Waals surface area contributed by atoms with Gasteiger partial charge < -0.3 is 5.11 Å². The summed E-state index contributed by atoms with van der Waals surface area (Å²) in [5.41, 5.74) is 0.376. The molecule has 1 heterocycles. The fraction of sp³-hybridized carbons (Fsp3) is 0.100. The van der Waals surface area contributed by atoms with E-state index < -0.39 is 17.7 Å². The van der Waals surface area contributed by atoms with Gasteiger partial charge in [-0.1, -0.05) is 6.07 Å². The predicted molar refractivity (Wildman–Crippen MR) is 49.0 cm³/mol. The topological polar surface area (TPSA) is 48.9 Å². The van der Waals surface area contributed by atoms with E-state index in [4.69, 9.17) is 0 Å². The zero-order valence-corrected chi connectivity index (χ0v) is 7.61. The van der Waals surface area contributed by atoms with E-state index in [-0.39, 0.29) is 5.56 Å². The van der Waals surface area contributed by atoms with Crippen LogP contribution in [0.25, 0.3) is 0 Å². The first-order valence-electron chi connectivity index (χ1n) is 4.31. The van der Waals surface area contributed by atoms with Crippen LogP contribution in [0.5, 0.6) is 0 Å². The molecule has 0 spiro atoms. The number of benzene rings is 1. The maximum absolute atomic E-state index is 13.3. The Balaban J connectivity index is 2.38. The molecule has 2 N–H and O–H groups in total. The van der Waals surface area contributed by atoms with Crippen molar-refractivity contribution in [2.24, 2.45) is 0 Å². The minimum absolute atomic E-state index is 0.0145. The molecule has 3 nitrogen and oxygen atoms in total. The van der Waals surface area contributed by atoms with E-state index in [1.54, 1.807) is 0 Å². The molecule has 0 amide bonds. The minimum Gasteiger partial charge on any atom is -0.382 e. The molecule has 1 atom stereocenters. The number of aromatic amines is 1. The van der Waals surface area contributed by atoms with E-state index in [9.17, 15) is 13.9 Å². The molecule has 0 radical (unpaired) electrons. The third-order valence-corrected chi connectivity index (χ3v) is 2.07. The largest absolute Gasteiger partial charge is 0.382 e. The number of nitrogens with one attached hydrogen (secondary N) is 1. The van der Waals surface area contributed by atoms with Crippen molar-refractivity contribution in [2.45, 2.75) is 6.10 Å². The summed E-state index contributed by atoms with van der Waals surface area (Å²) >= 11 is 0. The van der Waals surface area contributed by atoms with Crippen LogP contribution in [0.1, 0.15) is 17.4 Å². The maximum atomic E-state index is 13.3. The molecule has 0 aliphatic heterocycles. The zero-order chi connectivity index (χ0) is 10.8. The number of aliphatic hydroxyl groups excluding tert-OH is 1. The fourth-order valence-corrected chi connectivity index (χ4v) is 1.31. The summed E-state index contributed by atoms with van der Waals surface area (Å²) in [6, 6.07) is 4.55. The third-order valence-electron chi connectivity index (χ3n) is 2.07. The number of aromatic nitrogens is 2. The average Bonchev–Trinajstić information content (AvgIpc) is 2.69. The highest BCUT2D eigenvalue weighted by molar-refractivity contribution is 5.26. The molecular weight excluding hydrogens is 202 g/mol. The van der Waals surface area contributed by atoms with Crippen molar-refractivity contribution in [2.75, 3.05) is 0 Å². The van der Waals surface area contributed by atoms with Crippen molar-refractivity contribution in [3.63, 3.8) is 0 Å². The molecule has 1 aromatic carbocycles. The SMILES string of the molecule is OC(c1ccn[nH]1)c1ccc(F)cc1F. The highest BCUT2D eigenvalue weighted by atomic mass is 19.1. The lowest BCUT2D eigenvalue weighted by Crippen LogP contribution is -2.03. The zero-order valence-electron chi connectivity index (χ0n) is 7.61. The fourth-order valence-electron chi connectivity index (χ4n) is 1.31. The summed E-state index contributed by atoms with van der Waals surface area (Å²) in [4.78, 5) is 0. The first-order chi connectivity index (χ1) is 7.18. The maximum Gasteiger partial charge on any atom is 0.132 e. The highest BCUT2D eigenvalue weighted by Gasteiger charge is 2.16. The average molecular weight is 210 g/mol. The normalized spacial score (nSPS) is 12.7. The lowest BCUT2D eigenvalue weighted by molar-refractivity contribution is 0.209. The van der Waals surface area contributed by atoms with Gasteiger partial charge in [-0.15, -0.1) is 0 Å². The van der Waals surface area contributed by atoms with Gasteiger partial charge in [-0.2, -0.15) is 5.10 Å². The molecule has 78 valence electrons. The Hall–Kier alpha value is -1.75. The minimum atomic E-state index is -1.16. The van der Waals surface area contributed by atoms with Crippen molar-refractivity contribution >= 4 is 0 Å². The van der Waals surface area contributed by atoms with E-state index >= 15 is 0 Å². The number of aliphatic hydroxyl groups is 1. The van der Waals surface area contributed by atoms with E-state index in [0.29, 0.717) is 5.69 Å². The summed E-state index contributed by atoms with van der Waals surface area (Å²) in [5, 5.41) is 15.9. The van der Waals surface area contributed by atoms with Gasteiger partial charge in [0.2, 0.25) is 0 Å². The van der Waals surface area contributed by atoms with E-state index in [1.807, 2.05) is 0 Å². The number of nitrogens with zero attached hydrogens (tertiary/aromatic N) is 1. The van der Waals surface area contributed by atoms with Crippen molar-refractivity contribution < 1.29 is 13.9 Å². The molecule has 0 saturated carbocycles. The molecule has 15 heavy (non-hydrogen) atoms. The van der Waals surface area contributed by atoms with E-state index in [1.165, 1.54) is 18.3 Å². The van der Waals surface area contributed by atoms with E-state index in [0.717, 1.165) is 12.1 Å². The lowest BCUT2D eigenvalue weighted by atomic mass is 10.1. The number of halogens is 2. The predicted octanol–water partition coefficient (Wildman–Crippen LogP) is 1.77. The van der Waals surface area contributed by atoms with E-state index in [2.05, 4.69) is 10.2 Å². The van der Waals surface area contributed by atoms with Gasteiger partial charge in [0, 0.05) is 17.8 Å². The molecule has 1 aromatic heterocycles. The van der Waals surface area contributed by atoms with Crippen LogP contribution in [0.4, 0.5) is 8.78 Å². The first kappa shape index (κ1) is 9.79. The lowest BCUT2D eigenvalue weighted by Gasteiger charge is -2.09. The summed E-state index contributed by atoms with van der Waals surface area (Å²) < 4.78 is 25.9. The first-order valence-corrected chi connectivity index (χ1v) is 4.31. The Morgan fingerprint density at radius 1 is 1.27 bits per heavy atom. The van der Waals surface area contributed by atoms with Crippen molar-refractivity contribution in [3.8, 4) is 0 Å². The van der Waals surface area contributed by atoms with Crippen LogP contribution in [0.2, 0.25) is 0 Å². The molecule has 0 bridgehead atoms. The molecule has 0 aliphatic rings. The van der Waals surface area contributed by atoms with Crippen LogP contribution in [-0.2, 0) is 0 Å². The summed E-state index contributed by atoms with van der Waals surface area (Å²) in [6.45, 7) is 0. The number of rotatable bonds is 2. The van der Waals surface area contributed by atoms with Gasteiger partial charge in [0.05, 0.1) is 5.69 Å². The van der Waals surface area contributed by atoms with Crippen LogP contribution >= 0.6 is 0 Å². The monoisotopic (exact) mass is 210 g/mol. The van der Waals surface area contributed by atoms with Gasteiger partial charge in [-0.25, -0.2) is 8.78 Å². The third kappa shape index (κ3) is 1.87. The molecule has 0 saturated heterocycles. The second-order valence-electron chi connectivity index (χ2n) is 3.08. The highest BCUT2D eigenvalue weighted by Crippen LogP contribution is 2.22. The van der Waals surface area contributed by atoms with Crippen molar-refractivity contribution in [1.82, 2.24) is 10.2 Å². The Kier molecular flexibility index (Phi) is 2.47. The molecule has 0 fully saturated rings. The molecule has 2 aromatic rings. The standard InChI is InChI=1S/C10H8F2N2O/c11-6-1-2-7(8(12)5-6)10(15)9-3-4-13-14-9/h1-5,10,15H,(H,13,14). The molecule has 0 aliphatic carbocycles. The molecular formula is C10H8F2N2O. The van der Waals surface area contributed by atoms with Crippen LogP contribution in [0, 0.1) is 11.6 Å². The van der Waals surface area contributed by atoms with Crippen molar-refractivity contribution in [1.29, 1.82) is 0 Å². The van der Waals surface area contributed by atoms with Gasteiger partial charge >= 0.3 is 0 Å². The van der Waals surface area contributed by atoms with Gasteiger partial charge in [-0.05, 0) is 12.1 Å². The second kappa shape index (κ2) is 3.78. The second-order valence-corrected chi connectivity index (χ2v) is 3.08. The molecule has 5 heteroatoms. The summed E-state index contributed by atoms with van der Waals surface area (Å²) in [5.74, 6) is -1.45. The van der Waals surface area contributed by atoms with Gasteiger partial charge in [0.1, 0.15) is 17.7 Å². The Morgan fingerprint density at radius 3 is 2.67 bits per heavy atom. The Morgan fingerprint density at radius 2 is 2.07 bits per heavy atom. The smallest absolute Gasteiger partial charge is 0.132 e. The summed E-state index contributed by atoms with van der Waals surface area (Å²) in [6.07, 6.45) is 0.285.